The molecular formula is C23H24N8O4. The number of anilines is 1. The van der Waals surface area contributed by atoms with E-state index < -0.39 is 30.4 Å². The van der Waals surface area contributed by atoms with E-state index in [1.54, 1.807) is 24.7 Å². The maximum absolute atomic E-state index is 12.1. The lowest BCUT2D eigenvalue weighted by Gasteiger charge is -2.17. The smallest absolute Gasteiger partial charge is 0.251 e. The normalized spacial score (nSPS) is 21.8. The number of aliphatic hydroxyl groups is 2. The van der Waals surface area contributed by atoms with Gasteiger partial charge in [0.25, 0.3) is 5.91 Å². The summed E-state index contributed by atoms with van der Waals surface area (Å²) < 4.78 is 7.22. The minimum atomic E-state index is -1.41. The highest BCUT2D eigenvalue weighted by Gasteiger charge is 2.47. The summed E-state index contributed by atoms with van der Waals surface area (Å²) in [6.45, 7) is 2.39. The van der Waals surface area contributed by atoms with Crippen LogP contribution in [0.15, 0.2) is 49.2 Å². The Bertz CT molecular complexity index is 1360. The summed E-state index contributed by atoms with van der Waals surface area (Å²) in [4.78, 5) is 34.4. The number of carbonyl (C=O) groups is 1. The van der Waals surface area contributed by atoms with E-state index in [4.69, 9.17) is 4.74 Å². The highest BCUT2D eigenvalue weighted by atomic mass is 16.6. The number of hydrogen-bond donors (Lipinski definition) is 4. The minimum Gasteiger partial charge on any atom is -0.387 e. The zero-order valence-corrected chi connectivity index (χ0v) is 19.0. The molecule has 35 heavy (non-hydrogen) atoms. The molecule has 12 heteroatoms. The lowest BCUT2D eigenvalue weighted by atomic mass is 10.1. The molecule has 5 rings (SSSR count). The van der Waals surface area contributed by atoms with Crippen LogP contribution in [0.1, 0.15) is 17.5 Å². The van der Waals surface area contributed by atoms with E-state index in [9.17, 15) is 15.0 Å². The van der Waals surface area contributed by atoms with Crippen LogP contribution in [0.5, 0.6) is 0 Å². The van der Waals surface area contributed by atoms with Crippen LogP contribution in [0.4, 0.5) is 5.82 Å². The summed E-state index contributed by atoms with van der Waals surface area (Å²) in [7, 11) is 1.43. The van der Waals surface area contributed by atoms with Gasteiger partial charge in [0.15, 0.2) is 35.1 Å². The monoisotopic (exact) mass is 476 g/mol. The zero-order valence-electron chi connectivity index (χ0n) is 19.0. The van der Waals surface area contributed by atoms with Crippen molar-refractivity contribution in [1.29, 1.82) is 0 Å². The number of fused-ring (bicyclic) bond motifs is 1. The number of imidazole rings is 1. The van der Waals surface area contributed by atoms with Gasteiger partial charge in [-0.05, 0) is 36.8 Å². The molecule has 3 unspecified atom stereocenters. The van der Waals surface area contributed by atoms with Gasteiger partial charge in [-0.25, -0.2) is 15.0 Å². The molecule has 4 N–H and O–H groups in total. The van der Waals surface area contributed by atoms with Gasteiger partial charge in [0.2, 0.25) is 0 Å². The van der Waals surface area contributed by atoms with Crippen molar-refractivity contribution in [3.63, 3.8) is 0 Å². The first kappa shape index (κ1) is 22.8. The number of aliphatic hydroxyl groups excluding tert-OH is 2. The molecule has 1 aliphatic heterocycles. The highest BCUT2D eigenvalue weighted by molar-refractivity contribution is 5.85. The molecule has 1 aliphatic rings. The fourth-order valence-electron chi connectivity index (χ4n) is 3.97. The summed E-state index contributed by atoms with van der Waals surface area (Å²) in [5.41, 5.74) is 3.37. The topological polar surface area (TPSA) is 160 Å². The Balaban J connectivity index is 1.57. The fourth-order valence-corrected chi connectivity index (χ4v) is 3.97. The van der Waals surface area contributed by atoms with Crippen molar-refractivity contribution >= 4 is 22.9 Å². The van der Waals surface area contributed by atoms with Crippen LogP contribution in [-0.2, 0) is 16.1 Å². The molecule has 12 nitrogen and oxygen atoms in total. The van der Waals surface area contributed by atoms with Crippen LogP contribution in [0, 0.1) is 6.92 Å². The van der Waals surface area contributed by atoms with E-state index in [0.29, 0.717) is 34.9 Å². The molecule has 0 bridgehead atoms. The molecule has 0 saturated carbocycles. The first-order chi connectivity index (χ1) is 17.0. The van der Waals surface area contributed by atoms with Crippen molar-refractivity contribution in [3.05, 3.63) is 60.4 Å². The SMILES string of the molecule is CNC(=O)[C@@H]1OC(n2cnc3c(NCc4cc(C)ccn4)nc(-c4cccnc4)nc32)C(O)C1O. The molecule has 1 amide bonds. The molecule has 0 spiro atoms. The standard InChI is InChI=1S/C23H24N8O4/c1-12-5-7-26-14(8-12)10-27-20-15-21(30-19(29-20)13-4-3-6-25-9-13)31(11-28-15)23-17(33)16(32)18(35-23)22(34)24-2/h3-9,11,16-18,23,32-33H,10H2,1-2H3,(H,24,34)(H,27,29,30)/t16?,17?,18-,23?/m1/s1. The van der Waals surface area contributed by atoms with Crippen molar-refractivity contribution < 1.29 is 19.7 Å². The summed E-state index contributed by atoms with van der Waals surface area (Å²) in [6.07, 6.45) is 1.36. The summed E-state index contributed by atoms with van der Waals surface area (Å²) in [5.74, 6) is 0.289. The third-order valence-electron chi connectivity index (χ3n) is 5.77. The Kier molecular flexibility index (Phi) is 6.07. The predicted molar refractivity (Wildman–Crippen MR) is 125 cm³/mol. The number of rotatable bonds is 6. The molecule has 4 atom stereocenters. The van der Waals surface area contributed by atoms with E-state index in [2.05, 4.69) is 35.6 Å². The second kappa shape index (κ2) is 9.33. The van der Waals surface area contributed by atoms with Crippen LogP contribution in [0.25, 0.3) is 22.6 Å². The van der Waals surface area contributed by atoms with Gasteiger partial charge in [0.1, 0.15) is 12.2 Å². The number of carbonyl (C=O) groups excluding carboxylic acids is 1. The van der Waals surface area contributed by atoms with E-state index in [1.807, 2.05) is 25.1 Å². The zero-order chi connectivity index (χ0) is 24.5. The fraction of sp³-hybridized carbons (Fsp3) is 0.304. The van der Waals surface area contributed by atoms with Crippen molar-refractivity contribution in [2.45, 2.75) is 38.0 Å². The number of nitrogens with one attached hydrogen (secondary N) is 2. The number of likely N-dealkylation sites (N-methyl/N-ethyl adjacent to an activating group) is 1. The van der Waals surface area contributed by atoms with Crippen LogP contribution >= 0.6 is 0 Å². The van der Waals surface area contributed by atoms with E-state index in [1.165, 1.54) is 17.9 Å². The average molecular weight is 476 g/mol. The number of ether oxygens (including phenoxy) is 1. The van der Waals surface area contributed by atoms with Gasteiger partial charge in [-0.2, -0.15) is 0 Å². The molecular weight excluding hydrogens is 452 g/mol. The quantitative estimate of drug-likeness (QED) is 0.310. The molecule has 5 heterocycles. The third-order valence-corrected chi connectivity index (χ3v) is 5.77. The van der Waals surface area contributed by atoms with Gasteiger partial charge >= 0.3 is 0 Å². The molecule has 1 fully saturated rings. The summed E-state index contributed by atoms with van der Waals surface area (Å²) in [6, 6.07) is 7.49. The van der Waals surface area contributed by atoms with Crippen LogP contribution in [0.3, 0.4) is 0 Å². The first-order valence-electron chi connectivity index (χ1n) is 11.0. The third kappa shape index (κ3) is 4.30. The van der Waals surface area contributed by atoms with Crippen LogP contribution < -0.4 is 10.6 Å². The van der Waals surface area contributed by atoms with E-state index >= 15 is 0 Å². The van der Waals surface area contributed by atoms with E-state index in [-0.39, 0.29) is 0 Å². The highest BCUT2D eigenvalue weighted by Crippen LogP contribution is 2.33. The minimum absolute atomic E-state index is 0.354. The Morgan fingerprint density at radius 1 is 1.17 bits per heavy atom. The van der Waals surface area contributed by atoms with Crippen LogP contribution in [0.2, 0.25) is 0 Å². The maximum atomic E-state index is 12.1. The number of aryl methyl sites for hydroxylation is 1. The predicted octanol–water partition coefficient (Wildman–Crippen LogP) is 0.569. The molecule has 0 aliphatic carbocycles. The van der Waals surface area contributed by atoms with Crippen LogP contribution in [-0.4, -0.2) is 71.0 Å². The lowest BCUT2D eigenvalue weighted by Crippen LogP contribution is -2.41. The lowest BCUT2D eigenvalue weighted by molar-refractivity contribution is -0.137. The molecule has 1 saturated heterocycles. The Morgan fingerprint density at radius 3 is 2.77 bits per heavy atom. The summed E-state index contributed by atoms with van der Waals surface area (Å²) >= 11 is 0. The molecule has 0 radical (unpaired) electrons. The first-order valence-corrected chi connectivity index (χ1v) is 11.0. The van der Waals surface area contributed by atoms with Crippen molar-refractivity contribution in [1.82, 2.24) is 34.8 Å². The molecule has 4 aromatic rings. The molecule has 4 aromatic heterocycles. The Hall–Kier alpha value is -4.00. The van der Waals surface area contributed by atoms with Gasteiger partial charge < -0.3 is 25.6 Å². The largest absolute Gasteiger partial charge is 0.387 e. The maximum Gasteiger partial charge on any atom is 0.251 e. The number of pyridine rings is 2. The summed E-state index contributed by atoms with van der Waals surface area (Å²) in [5, 5.41) is 26.7. The second-order valence-electron chi connectivity index (χ2n) is 8.18. The van der Waals surface area contributed by atoms with Crippen molar-refractivity contribution in [2.75, 3.05) is 12.4 Å². The van der Waals surface area contributed by atoms with Crippen molar-refractivity contribution in [2.24, 2.45) is 0 Å². The number of amides is 1. The average Bonchev–Trinajstić information content (AvgIpc) is 3.43. The van der Waals surface area contributed by atoms with Gasteiger partial charge in [0, 0.05) is 31.2 Å². The van der Waals surface area contributed by atoms with Gasteiger partial charge in [-0.15, -0.1) is 0 Å². The van der Waals surface area contributed by atoms with Gasteiger partial charge in [0.05, 0.1) is 18.6 Å². The Morgan fingerprint density at radius 2 is 2.03 bits per heavy atom. The number of hydrogen-bond acceptors (Lipinski definition) is 10. The molecule has 180 valence electrons. The van der Waals surface area contributed by atoms with Gasteiger partial charge in [-0.3, -0.25) is 19.3 Å². The second-order valence-corrected chi connectivity index (χ2v) is 8.18. The number of nitrogens with zero attached hydrogens (tertiary/aromatic N) is 6. The van der Waals surface area contributed by atoms with Crippen molar-refractivity contribution in [3.8, 4) is 11.4 Å². The number of aromatic nitrogens is 6. The van der Waals surface area contributed by atoms with E-state index in [0.717, 1.165) is 11.3 Å². The van der Waals surface area contributed by atoms with Gasteiger partial charge in [-0.1, -0.05) is 0 Å². The Labute approximate surface area is 200 Å². The molecule has 0 aromatic carbocycles.